The lowest BCUT2D eigenvalue weighted by Gasteiger charge is -2.29. The summed E-state index contributed by atoms with van der Waals surface area (Å²) >= 11 is 0. The number of carbonyl (C=O) groups is 2. The van der Waals surface area contributed by atoms with E-state index in [4.69, 9.17) is 9.15 Å². The Balaban J connectivity index is 1.24. The number of rotatable bonds is 6. The van der Waals surface area contributed by atoms with Crippen molar-refractivity contribution in [3.63, 3.8) is 0 Å². The van der Waals surface area contributed by atoms with Crippen molar-refractivity contribution in [2.75, 3.05) is 20.2 Å². The van der Waals surface area contributed by atoms with Crippen molar-refractivity contribution in [3.8, 4) is 16.9 Å². The van der Waals surface area contributed by atoms with Crippen LogP contribution in [0.5, 0.6) is 5.75 Å². The molecule has 35 heavy (non-hydrogen) atoms. The summed E-state index contributed by atoms with van der Waals surface area (Å²) in [6.45, 7) is 1.15. The van der Waals surface area contributed by atoms with Gasteiger partial charge in [0, 0.05) is 29.6 Å². The second kappa shape index (κ2) is 8.62. The summed E-state index contributed by atoms with van der Waals surface area (Å²) in [5.41, 5.74) is 3.66. The smallest absolute Gasteiger partial charge is 0.254 e. The molecule has 0 radical (unpaired) electrons. The maximum atomic E-state index is 13.8. The Morgan fingerprint density at radius 3 is 2.60 bits per heavy atom. The first-order valence-corrected chi connectivity index (χ1v) is 11.9. The van der Waals surface area contributed by atoms with Gasteiger partial charge in [0.1, 0.15) is 11.3 Å². The monoisotopic (exact) mass is 466 g/mol. The Hall–Kier alpha value is -4.06. The standard InChI is InChI=1S/C29H26N2O4/c1-34-26-11-5-4-8-20(26)19-7-2-3-9-23(19)29(33)31-17-18-15-24(18)25(31)16-30-28(32)22-10-6-12-27-21(22)13-14-35-27/h2-14,18,24-25H,15-17H2,1H3,(H,30,32)/t18-,24-,25-/m1/s1. The van der Waals surface area contributed by atoms with E-state index in [1.54, 1.807) is 25.5 Å². The molecule has 1 saturated carbocycles. The summed E-state index contributed by atoms with van der Waals surface area (Å²) in [6.07, 6.45) is 2.70. The zero-order valence-corrected chi connectivity index (χ0v) is 19.4. The molecule has 1 saturated heterocycles. The largest absolute Gasteiger partial charge is 0.496 e. The molecule has 1 aliphatic carbocycles. The average molecular weight is 467 g/mol. The second-order valence-corrected chi connectivity index (χ2v) is 9.28. The molecule has 1 N–H and O–H groups in total. The number of fused-ring (bicyclic) bond motifs is 2. The number of hydrogen-bond donors (Lipinski definition) is 1. The highest BCUT2D eigenvalue weighted by Crippen LogP contribution is 2.50. The van der Waals surface area contributed by atoms with Crippen LogP contribution in [0, 0.1) is 11.8 Å². The average Bonchev–Trinajstić information content (AvgIpc) is 3.33. The first-order chi connectivity index (χ1) is 17.2. The Kier molecular flexibility index (Phi) is 5.29. The van der Waals surface area contributed by atoms with E-state index in [1.165, 1.54) is 0 Å². The van der Waals surface area contributed by atoms with Gasteiger partial charge in [0.05, 0.1) is 25.0 Å². The molecular weight excluding hydrogens is 440 g/mol. The molecule has 0 spiro atoms. The molecule has 6 rings (SSSR count). The lowest BCUT2D eigenvalue weighted by Crippen LogP contribution is -2.45. The highest BCUT2D eigenvalue weighted by Gasteiger charge is 2.54. The first-order valence-electron chi connectivity index (χ1n) is 11.9. The normalized spacial score (nSPS) is 20.5. The number of hydrogen-bond acceptors (Lipinski definition) is 4. The molecule has 6 nitrogen and oxygen atoms in total. The second-order valence-electron chi connectivity index (χ2n) is 9.28. The van der Waals surface area contributed by atoms with Crippen molar-refractivity contribution in [1.82, 2.24) is 10.2 Å². The van der Waals surface area contributed by atoms with Gasteiger partial charge >= 0.3 is 0 Å². The van der Waals surface area contributed by atoms with Gasteiger partial charge in [0.2, 0.25) is 0 Å². The van der Waals surface area contributed by atoms with Crippen LogP contribution in [-0.2, 0) is 0 Å². The van der Waals surface area contributed by atoms with E-state index in [9.17, 15) is 9.59 Å². The Bertz CT molecular complexity index is 1420. The Morgan fingerprint density at radius 2 is 1.74 bits per heavy atom. The molecule has 2 fully saturated rings. The number of para-hydroxylation sites is 1. The fourth-order valence-electron chi connectivity index (χ4n) is 5.48. The van der Waals surface area contributed by atoms with Gasteiger partial charge in [0.15, 0.2) is 0 Å². The maximum Gasteiger partial charge on any atom is 0.254 e. The van der Waals surface area contributed by atoms with E-state index in [0.717, 1.165) is 35.2 Å². The van der Waals surface area contributed by atoms with Gasteiger partial charge in [-0.3, -0.25) is 9.59 Å². The quantitative estimate of drug-likeness (QED) is 0.434. The number of piperidine rings is 1. The van der Waals surface area contributed by atoms with Crippen molar-refractivity contribution in [2.24, 2.45) is 11.8 Å². The third-order valence-electron chi connectivity index (χ3n) is 7.33. The van der Waals surface area contributed by atoms with Gasteiger partial charge in [-0.05, 0) is 54.2 Å². The molecule has 176 valence electrons. The van der Waals surface area contributed by atoms with E-state index >= 15 is 0 Å². The van der Waals surface area contributed by atoms with Crippen LogP contribution >= 0.6 is 0 Å². The number of likely N-dealkylation sites (tertiary alicyclic amines) is 1. The number of furan rings is 1. The van der Waals surface area contributed by atoms with Crippen LogP contribution in [0.1, 0.15) is 27.1 Å². The van der Waals surface area contributed by atoms with E-state index in [2.05, 4.69) is 5.32 Å². The highest BCUT2D eigenvalue weighted by atomic mass is 16.5. The van der Waals surface area contributed by atoms with E-state index < -0.39 is 0 Å². The Labute approximate surface area is 203 Å². The third-order valence-corrected chi connectivity index (χ3v) is 7.33. The van der Waals surface area contributed by atoms with Crippen molar-refractivity contribution in [3.05, 3.63) is 90.2 Å². The molecule has 4 aromatic rings. The van der Waals surface area contributed by atoms with Crippen molar-refractivity contribution >= 4 is 22.8 Å². The zero-order chi connectivity index (χ0) is 23.9. The van der Waals surface area contributed by atoms with E-state index in [1.807, 2.05) is 65.6 Å². The minimum absolute atomic E-state index is 0.00473. The Morgan fingerprint density at radius 1 is 0.971 bits per heavy atom. The molecule has 0 unspecified atom stereocenters. The number of ether oxygens (including phenoxy) is 1. The highest BCUT2D eigenvalue weighted by molar-refractivity contribution is 6.06. The van der Waals surface area contributed by atoms with Gasteiger partial charge in [-0.1, -0.05) is 42.5 Å². The molecule has 1 aromatic heterocycles. The summed E-state index contributed by atoms with van der Waals surface area (Å²) in [5.74, 6) is 1.52. The van der Waals surface area contributed by atoms with Crippen LogP contribution in [0.25, 0.3) is 22.1 Å². The summed E-state index contributed by atoms with van der Waals surface area (Å²) in [4.78, 5) is 28.8. The molecule has 1 aliphatic heterocycles. The topological polar surface area (TPSA) is 71.8 Å². The number of nitrogens with one attached hydrogen (secondary N) is 1. The minimum Gasteiger partial charge on any atom is -0.496 e. The van der Waals surface area contributed by atoms with Crippen LogP contribution < -0.4 is 10.1 Å². The molecule has 3 aromatic carbocycles. The summed E-state index contributed by atoms with van der Waals surface area (Å²) < 4.78 is 11.0. The van der Waals surface area contributed by atoms with E-state index in [-0.39, 0.29) is 17.9 Å². The predicted molar refractivity (Wildman–Crippen MR) is 133 cm³/mol. The SMILES string of the molecule is COc1ccccc1-c1ccccc1C(=O)N1C[C@H]2C[C@H]2[C@H]1CNC(=O)c1cccc2occc12. The minimum atomic E-state index is -0.150. The third kappa shape index (κ3) is 3.75. The van der Waals surface area contributed by atoms with Crippen molar-refractivity contribution in [1.29, 1.82) is 0 Å². The number of methoxy groups -OCH3 is 1. The lowest BCUT2D eigenvalue weighted by molar-refractivity contribution is 0.0695. The zero-order valence-electron chi connectivity index (χ0n) is 19.4. The van der Waals surface area contributed by atoms with E-state index in [0.29, 0.717) is 35.1 Å². The number of benzene rings is 3. The number of amides is 2. The van der Waals surface area contributed by atoms with Gasteiger partial charge in [-0.15, -0.1) is 0 Å². The fourth-order valence-corrected chi connectivity index (χ4v) is 5.48. The molecule has 0 bridgehead atoms. The van der Waals surface area contributed by atoms with Gasteiger partial charge in [0.25, 0.3) is 11.8 Å². The van der Waals surface area contributed by atoms with Crippen LogP contribution in [0.4, 0.5) is 0 Å². The maximum absolute atomic E-state index is 13.8. The van der Waals surface area contributed by atoms with Crippen LogP contribution in [0.2, 0.25) is 0 Å². The molecular formula is C29H26N2O4. The summed E-state index contributed by atoms with van der Waals surface area (Å²) in [5, 5.41) is 3.88. The summed E-state index contributed by atoms with van der Waals surface area (Å²) in [7, 11) is 1.64. The van der Waals surface area contributed by atoms with Crippen LogP contribution in [0.3, 0.4) is 0 Å². The number of carbonyl (C=O) groups excluding carboxylic acids is 2. The molecule has 3 atom stereocenters. The van der Waals surface area contributed by atoms with Gasteiger partial charge in [-0.2, -0.15) is 0 Å². The molecule has 2 amide bonds. The predicted octanol–water partition coefficient (Wildman–Crippen LogP) is 5.00. The van der Waals surface area contributed by atoms with Crippen molar-refractivity contribution < 1.29 is 18.7 Å². The number of nitrogens with zero attached hydrogens (tertiary/aromatic N) is 1. The fraction of sp³-hybridized carbons (Fsp3) is 0.241. The van der Waals surface area contributed by atoms with Crippen LogP contribution in [-0.4, -0.2) is 43.0 Å². The summed E-state index contributed by atoms with van der Waals surface area (Å²) in [6, 6.07) is 22.7. The molecule has 6 heteroatoms. The molecule has 2 aliphatic rings. The first kappa shape index (κ1) is 21.5. The van der Waals surface area contributed by atoms with Crippen LogP contribution in [0.15, 0.2) is 83.5 Å². The molecule has 2 heterocycles. The van der Waals surface area contributed by atoms with Gasteiger partial charge in [-0.25, -0.2) is 0 Å². The van der Waals surface area contributed by atoms with Crippen molar-refractivity contribution in [2.45, 2.75) is 12.5 Å². The lowest BCUT2D eigenvalue weighted by atomic mass is 9.97. The van der Waals surface area contributed by atoms with Gasteiger partial charge < -0.3 is 19.4 Å².